The topological polar surface area (TPSA) is 35.5 Å². The van der Waals surface area contributed by atoms with Crippen LogP contribution in [0.5, 0.6) is 5.75 Å². The van der Waals surface area contributed by atoms with Crippen LogP contribution in [0.25, 0.3) is 0 Å². The summed E-state index contributed by atoms with van der Waals surface area (Å²) in [5, 5.41) is 0. The van der Waals surface area contributed by atoms with Gasteiger partial charge in [0.1, 0.15) is 5.75 Å². The van der Waals surface area contributed by atoms with Crippen LogP contribution in [0.2, 0.25) is 0 Å². The van der Waals surface area contributed by atoms with Crippen LogP contribution in [-0.4, -0.2) is 19.7 Å². The van der Waals surface area contributed by atoms with Crippen molar-refractivity contribution in [2.75, 3.05) is 13.7 Å². The summed E-state index contributed by atoms with van der Waals surface area (Å²) in [6, 6.07) is 5.36. The lowest BCUT2D eigenvalue weighted by atomic mass is 10.1. The molecule has 0 unspecified atom stereocenters. The van der Waals surface area contributed by atoms with E-state index in [1.54, 1.807) is 6.07 Å². The number of methoxy groups -OCH3 is 1. The number of fused-ring (bicyclic) bond motifs is 1. The van der Waals surface area contributed by atoms with Gasteiger partial charge in [-0.15, -0.1) is 0 Å². The van der Waals surface area contributed by atoms with Gasteiger partial charge in [-0.25, -0.2) is 4.79 Å². The molecule has 3 nitrogen and oxygen atoms in total. The van der Waals surface area contributed by atoms with E-state index in [0.717, 1.165) is 17.7 Å². The lowest BCUT2D eigenvalue weighted by Crippen LogP contribution is -2.00. The van der Waals surface area contributed by atoms with E-state index in [9.17, 15) is 4.79 Å². The zero-order chi connectivity index (χ0) is 9.26. The quantitative estimate of drug-likeness (QED) is 0.610. The van der Waals surface area contributed by atoms with Crippen LogP contribution >= 0.6 is 0 Å². The third-order valence-corrected chi connectivity index (χ3v) is 2.11. The number of hydrogen-bond acceptors (Lipinski definition) is 3. The molecule has 0 aromatic heterocycles. The summed E-state index contributed by atoms with van der Waals surface area (Å²) in [7, 11) is 1.38. The number of ether oxygens (including phenoxy) is 2. The summed E-state index contributed by atoms with van der Waals surface area (Å²) in [5.74, 6) is 0.586. The summed E-state index contributed by atoms with van der Waals surface area (Å²) in [6.45, 7) is 0.708. The third-order valence-electron chi connectivity index (χ3n) is 2.11. The third kappa shape index (κ3) is 1.37. The second-order valence-corrected chi connectivity index (χ2v) is 2.91. The van der Waals surface area contributed by atoms with Gasteiger partial charge < -0.3 is 9.47 Å². The second-order valence-electron chi connectivity index (χ2n) is 2.91. The van der Waals surface area contributed by atoms with Crippen LogP contribution in [0.3, 0.4) is 0 Å². The molecule has 0 saturated heterocycles. The van der Waals surface area contributed by atoms with Gasteiger partial charge in [0.25, 0.3) is 0 Å². The SMILES string of the molecule is COC(=O)c1ccc2c(c1)CCO2. The molecule has 2 rings (SSSR count). The average Bonchev–Trinajstić information content (AvgIpc) is 2.63. The highest BCUT2D eigenvalue weighted by atomic mass is 16.5. The van der Waals surface area contributed by atoms with E-state index < -0.39 is 0 Å². The number of esters is 1. The highest BCUT2D eigenvalue weighted by Gasteiger charge is 2.14. The summed E-state index contributed by atoms with van der Waals surface area (Å²) in [6.07, 6.45) is 0.875. The van der Waals surface area contributed by atoms with Gasteiger partial charge in [0.2, 0.25) is 0 Å². The molecule has 68 valence electrons. The van der Waals surface area contributed by atoms with Gasteiger partial charge >= 0.3 is 5.97 Å². The standard InChI is InChI=1S/C10H10O3/c1-12-10(11)8-2-3-9-7(6-8)4-5-13-9/h2-3,6H,4-5H2,1H3. The number of carbonyl (C=O) groups is 1. The van der Waals surface area contributed by atoms with E-state index in [-0.39, 0.29) is 5.97 Å². The molecule has 0 radical (unpaired) electrons. The smallest absolute Gasteiger partial charge is 0.337 e. The van der Waals surface area contributed by atoms with E-state index in [0.29, 0.717) is 12.2 Å². The summed E-state index contributed by atoms with van der Waals surface area (Å²) < 4.78 is 9.93. The number of hydrogen-bond donors (Lipinski definition) is 0. The zero-order valence-electron chi connectivity index (χ0n) is 7.37. The minimum absolute atomic E-state index is 0.297. The summed E-state index contributed by atoms with van der Waals surface area (Å²) >= 11 is 0. The van der Waals surface area contributed by atoms with Crippen molar-refractivity contribution in [1.29, 1.82) is 0 Å². The van der Waals surface area contributed by atoms with Gasteiger partial charge in [-0.1, -0.05) is 0 Å². The number of rotatable bonds is 1. The van der Waals surface area contributed by atoms with E-state index in [1.807, 2.05) is 12.1 Å². The highest BCUT2D eigenvalue weighted by molar-refractivity contribution is 5.89. The molecule has 0 aliphatic carbocycles. The lowest BCUT2D eigenvalue weighted by molar-refractivity contribution is 0.0600. The maximum absolute atomic E-state index is 11.2. The van der Waals surface area contributed by atoms with Crippen molar-refractivity contribution in [3.63, 3.8) is 0 Å². The summed E-state index contributed by atoms with van der Waals surface area (Å²) in [4.78, 5) is 11.2. The minimum atomic E-state index is -0.297. The van der Waals surface area contributed by atoms with Crippen molar-refractivity contribution in [1.82, 2.24) is 0 Å². The number of benzene rings is 1. The molecule has 3 heteroatoms. The molecule has 0 fully saturated rings. The molecule has 0 bridgehead atoms. The zero-order valence-corrected chi connectivity index (χ0v) is 7.37. The predicted octanol–water partition coefficient (Wildman–Crippen LogP) is 1.41. The van der Waals surface area contributed by atoms with E-state index in [1.165, 1.54) is 7.11 Å². The van der Waals surface area contributed by atoms with Crippen molar-refractivity contribution in [3.05, 3.63) is 29.3 Å². The van der Waals surface area contributed by atoms with Crippen molar-refractivity contribution < 1.29 is 14.3 Å². The largest absolute Gasteiger partial charge is 0.493 e. The molecule has 13 heavy (non-hydrogen) atoms. The normalized spacial score (nSPS) is 13.3. The first kappa shape index (κ1) is 8.10. The van der Waals surface area contributed by atoms with Crippen LogP contribution < -0.4 is 4.74 Å². The summed E-state index contributed by atoms with van der Waals surface area (Å²) in [5.41, 5.74) is 1.68. The predicted molar refractivity (Wildman–Crippen MR) is 47.0 cm³/mol. The van der Waals surface area contributed by atoms with Crippen molar-refractivity contribution in [3.8, 4) is 5.75 Å². The molecule has 1 heterocycles. The lowest BCUT2D eigenvalue weighted by Gasteiger charge is -2.01. The highest BCUT2D eigenvalue weighted by Crippen LogP contribution is 2.25. The fourth-order valence-electron chi connectivity index (χ4n) is 1.43. The average molecular weight is 178 g/mol. The first-order chi connectivity index (χ1) is 6.31. The molecular formula is C10H10O3. The first-order valence-corrected chi connectivity index (χ1v) is 4.15. The molecular weight excluding hydrogens is 168 g/mol. The Morgan fingerprint density at radius 2 is 2.38 bits per heavy atom. The Bertz CT molecular complexity index is 344. The molecule has 1 aliphatic heterocycles. The van der Waals surface area contributed by atoms with Crippen LogP contribution in [0, 0.1) is 0 Å². The molecule has 0 spiro atoms. The van der Waals surface area contributed by atoms with Crippen LogP contribution in [0.1, 0.15) is 15.9 Å². The van der Waals surface area contributed by atoms with Crippen molar-refractivity contribution in [2.24, 2.45) is 0 Å². The van der Waals surface area contributed by atoms with Gasteiger partial charge in [0.15, 0.2) is 0 Å². The molecule has 1 aromatic rings. The van der Waals surface area contributed by atoms with Crippen molar-refractivity contribution >= 4 is 5.97 Å². The Labute approximate surface area is 76.3 Å². The fraction of sp³-hybridized carbons (Fsp3) is 0.300. The molecule has 0 amide bonds. The van der Waals surface area contributed by atoms with Gasteiger partial charge in [-0.3, -0.25) is 0 Å². The molecule has 1 aliphatic rings. The minimum Gasteiger partial charge on any atom is -0.493 e. The van der Waals surface area contributed by atoms with Gasteiger partial charge in [-0.05, 0) is 23.8 Å². The molecule has 0 atom stereocenters. The monoisotopic (exact) mass is 178 g/mol. The first-order valence-electron chi connectivity index (χ1n) is 4.15. The second kappa shape index (κ2) is 3.09. The molecule has 0 N–H and O–H groups in total. The van der Waals surface area contributed by atoms with E-state index in [2.05, 4.69) is 4.74 Å². The van der Waals surface area contributed by atoms with Crippen LogP contribution in [-0.2, 0) is 11.2 Å². The maximum Gasteiger partial charge on any atom is 0.337 e. The van der Waals surface area contributed by atoms with Crippen molar-refractivity contribution in [2.45, 2.75) is 6.42 Å². The van der Waals surface area contributed by atoms with Crippen LogP contribution in [0.4, 0.5) is 0 Å². The Hall–Kier alpha value is -1.51. The molecule has 0 saturated carbocycles. The number of carbonyl (C=O) groups excluding carboxylic acids is 1. The van der Waals surface area contributed by atoms with E-state index in [4.69, 9.17) is 4.74 Å². The Balaban J connectivity index is 2.36. The fourth-order valence-corrected chi connectivity index (χ4v) is 1.43. The Morgan fingerprint density at radius 3 is 3.15 bits per heavy atom. The van der Waals surface area contributed by atoms with Gasteiger partial charge in [-0.2, -0.15) is 0 Å². The molecule has 1 aromatic carbocycles. The van der Waals surface area contributed by atoms with E-state index >= 15 is 0 Å². The Morgan fingerprint density at radius 1 is 1.54 bits per heavy atom. The maximum atomic E-state index is 11.2. The Kier molecular flexibility index (Phi) is 1.93. The van der Waals surface area contributed by atoms with Crippen LogP contribution in [0.15, 0.2) is 18.2 Å². The van der Waals surface area contributed by atoms with Gasteiger partial charge in [0, 0.05) is 6.42 Å². The van der Waals surface area contributed by atoms with Gasteiger partial charge in [0.05, 0.1) is 19.3 Å².